The standard InChI is InChI=1S/C24H31FN8.ClH/c1-17-21(18(2)30-29-17)22(20-5-3-4-8-26-20)31-13-15-33(16-14-31)24-23(27-9-10-28-24)32-11-6-19(25)7-12-32;/h3-5,8-10,19,22H,6-7,11-16H2,1-2H3,(H,29,30);1H. The van der Waals surface area contributed by atoms with Crippen molar-refractivity contribution in [1.82, 2.24) is 30.0 Å². The van der Waals surface area contributed by atoms with E-state index in [0.29, 0.717) is 25.9 Å². The molecule has 0 aliphatic carbocycles. The summed E-state index contributed by atoms with van der Waals surface area (Å²) in [5, 5.41) is 7.59. The normalized spacial score (nSPS) is 18.6. The number of anilines is 2. The number of hydrogen-bond donors (Lipinski definition) is 1. The van der Waals surface area contributed by atoms with Gasteiger partial charge in [0.15, 0.2) is 11.6 Å². The van der Waals surface area contributed by atoms with Crippen molar-refractivity contribution >= 4 is 24.0 Å². The molecule has 10 heteroatoms. The maximum atomic E-state index is 13.7. The van der Waals surface area contributed by atoms with E-state index in [1.54, 1.807) is 12.4 Å². The molecule has 0 amide bonds. The van der Waals surface area contributed by atoms with E-state index in [9.17, 15) is 4.39 Å². The molecule has 3 aromatic rings. The minimum Gasteiger partial charge on any atom is -0.353 e. The van der Waals surface area contributed by atoms with Gasteiger partial charge in [-0.15, -0.1) is 12.4 Å². The molecule has 0 spiro atoms. The lowest BCUT2D eigenvalue weighted by atomic mass is 9.98. The topological polar surface area (TPSA) is 77.1 Å². The highest BCUT2D eigenvalue weighted by molar-refractivity contribution is 5.85. The van der Waals surface area contributed by atoms with Crippen molar-refractivity contribution in [3.8, 4) is 0 Å². The second-order valence-electron chi connectivity index (χ2n) is 8.89. The van der Waals surface area contributed by atoms with Gasteiger partial charge >= 0.3 is 0 Å². The number of hydrogen-bond acceptors (Lipinski definition) is 7. The van der Waals surface area contributed by atoms with Crippen molar-refractivity contribution in [2.24, 2.45) is 0 Å². The molecule has 8 nitrogen and oxygen atoms in total. The average Bonchev–Trinajstić information content (AvgIpc) is 3.19. The fraction of sp³-hybridized carbons (Fsp3) is 0.500. The molecule has 1 unspecified atom stereocenters. The van der Waals surface area contributed by atoms with E-state index < -0.39 is 6.17 Å². The van der Waals surface area contributed by atoms with Crippen LogP contribution in [0.25, 0.3) is 0 Å². The second kappa shape index (κ2) is 10.7. The number of piperazine rings is 1. The van der Waals surface area contributed by atoms with E-state index >= 15 is 0 Å². The summed E-state index contributed by atoms with van der Waals surface area (Å²) in [6, 6.07) is 6.15. The predicted octanol–water partition coefficient (Wildman–Crippen LogP) is 3.48. The van der Waals surface area contributed by atoms with Crippen molar-refractivity contribution in [1.29, 1.82) is 0 Å². The number of piperidine rings is 1. The summed E-state index contributed by atoms with van der Waals surface area (Å²) in [6.07, 6.45) is 5.75. The number of halogens is 2. The Kier molecular flexibility index (Phi) is 7.63. The Morgan fingerprint density at radius 2 is 1.53 bits per heavy atom. The number of nitrogens with one attached hydrogen (secondary N) is 1. The number of pyridine rings is 1. The molecule has 0 aromatic carbocycles. The van der Waals surface area contributed by atoms with Gasteiger partial charge in [-0.05, 0) is 38.8 Å². The van der Waals surface area contributed by atoms with Crippen LogP contribution in [0, 0.1) is 13.8 Å². The highest BCUT2D eigenvalue weighted by Gasteiger charge is 2.32. The minimum absolute atomic E-state index is 0. The Hall–Kier alpha value is -2.78. The molecule has 2 aliphatic rings. The first-order valence-corrected chi connectivity index (χ1v) is 11.7. The molecule has 0 radical (unpaired) electrons. The quantitative estimate of drug-likeness (QED) is 0.591. The summed E-state index contributed by atoms with van der Waals surface area (Å²) in [6.45, 7) is 8.92. The van der Waals surface area contributed by atoms with Gasteiger partial charge in [0.05, 0.1) is 17.4 Å². The highest BCUT2D eigenvalue weighted by Crippen LogP contribution is 2.34. The van der Waals surface area contributed by atoms with Crippen molar-refractivity contribution in [3.05, 3.63) is 59.4 Å². The molecule has 5 rings (SSSR count). The molecule has 34 heavy (non-hydrogen) atoms. The zero-order valence-corrected chi connectivity index (χ0v) is 20.5. The van der Waals surface area contributed by atoms with Gasteiger partial charge in [-0.3, -0.25) is 15.0 Å². The lowest BCUT2D eigenvalue weighted by Crippen LogP contribution is -2.49. The Balaban J connectivity index is 0.00000274. The van der Waals surface area contributed by atoms with E-state index in [1.807, 2.05) is 18.3 Å². The lowest BCUT2D eigenvalue weighted by molar-refractivity contribution is 0.208. The van der Waals surface area contributed by atoms with Crippen molar-refractivity contribution < 1.29 is 4.39 Å². The van der Waals surface area contributed by atoms with Crippen LogP contribution < -0.4 is 9.80 Å². The summed E-state index contributed by atoms with van der Waals surface area (Å²) < 4.78 is 13.7. The summed E-state index contributed by atoms with van der Waals surface area (Å²) in [5.74, 6) is 1.78. The van der Waals surface area contributed by atoms with Gasteiger partial charge in [0.25, 0.3) is 0 Å². The molecular formula is C24H32ClFN8. The first-order valence-electron chi connectivity index (χ1n) is 11.7. The lowest BCUT2D eigenvalue weighted by Gasteiger charge is -2.41. The molecule has 0 saturated carbocycles. The average molecular weight is 487 g/mol. The molecular weight excluding hydrogens is 455 g/mol. The van der Waals surface area contributed by atoms with Gasteiger partial charge in [0.1, 0.15) is 6.17 Å². The van der Waals surface area contributed by atoms with Gasteiger partial charge in [0.2, 0.25) is 0 Å². The van der Waals surface area contributed by atoms with E-state index in [-0.39, 0.29) is 18.4 Å². The Bertz CT molecular complexity index is 1040. The molecule has 5 heterocycles. The van der Waals surface area contributed by atoms with Crippen LogP contribution in [0.4, 0.5) is 16.0 Å². The Labute approximate surface area is 206 Å². The zero-order valence-electron chi connectivity index (χ0n) is 19.7. The SMILES string of the molecule is Cc1n[nH]c(C)c1C(c1ccccn1)N1CCN(c2nccnc2N2CCC(F)CC2)CC1.Cl. The van der Waals surface area contributed by atoms with Crippen LogP contribution in [0.2, 0.25) is 0 Å². The first kappa shape index (κ1) is 24.3. The third-order valence-corrected chi connectivity index (χ3v) is 6.79. The zero-order chi connectivity index (χ0) is 22.8. The number of nitrogens with zero attached hydrogens (tertiary/aromatic N) is 7. The van der Waals surface area contributed by atoms with E-state index in [2.05, 4.69) is 54.8 Å². The first-order chi connectivity index (χ1) is 16.1. The number of aromatic nitrogens is 5. The largest absolute Gasteiger partial charge is 0.353 e. The smallest absolute Gasteiger partial charge is 0.172 e. The van der Waals surface area contributed by atoms with Crippen LogP contribution in [0.15, 0.2) is 36.8 Å². The molecule has 1 atom stereocenters. The van der Waals surface area contributed by atoms with Gasteiger partial charge in [0, 0.05) is 69.1 Å². The van der Waals surface area contributed by atoms with Crippen LogP contribution >= 0.6 is 12.4 Å². The fourth-order valence-electron chi connectivity index (χ4n) is 5.04. The number of alkyl halides is 1. The van der Waals surface area contributed by atoms with Crippen molar-refractivity contribution in [2.75, 3.05) is 49.1 Å². The molecule has 2 fully saturated rings. The predicted molar refractivity (Wildman–Crippen MR) is 134 cm³/mol. The maximum absolute atomic E-state index is 13.7. The molecule has 2 aliphatic heterocycles. The third kappa shape index (κ3) is 4.86. The molecule has 182 valence electrons. The summed E-state index contributed by atoms with van der Waals surface area (Å²) in [7, 11) is 0. The third-order valence-electron chi connectivity index (χ3n) is 6.79. The monoisotopic (exact) mass is 486 g/mol. The van der Waals surface area contributed by atoms with Gasteiger partial charge in [-0.25, -0.2) is 14.4 Å². The second-order valence-corrected chi connectivity index (χ2v) is 8.89. The van der Waals surface area contributed by atoms with E-state index in [1.165, 1.54) is 5.56 Å². The van der Waals surface area contributed by atoms with Crippen molar-refractivity contribution in [3.63, 3.8) is 0 Å². The Morgan fingerprint density at radius 3 is 2.09 bits per heavy atom. The van der Waals surface area contributed by atoms with Crippen LogP contribution in [-0.4, -0.2) is 75.5 Å². The number of H-pyrrole nitrogens is 1. The summed E-state index contributed by atoms with van der Waals surface area (Å²) >= 11 is 0. The molecule has 2 saturated heterocycles. The van der Waals surface area contributed by atoms with Gasteiger partial charge in [-0.1, -0.05) is 6.07 Å². The summed E-state index contributed by atoms with van der Waals surface area (Å²) in [4.78, 5) is 21.0. The van der Waals surface area contributed by atoms with Gasteiger partial charge in [-0.2, -0.15) is 5.10 Å². The number of aromatic amines is 1. The fourth-order valence-corrected chi connectivity index (χ4v) is 5.04. The molecule has 1 N–H and O–H groups in total. The van der Waals surface area contributed by atoms with Crippen LogP contribution in [0.1, 0.15) is 41.5 Å². The van der Waals surface area contributed by atoms with Gasteiger partial charge < -0.3 is 9.80 Å². The van der Waals surface area contributed by atoms with Crippen LogP contribution in [0.5, 0.6) is 0 Å². The van der Waals surface area contributed by atoms with E-state index in [0.717, 1.165) is 54.9 Å². The number of aryl methyl sites for hydroxylation is 2. The summed E-state index contributed by atoms with van der Waals surface area (Å²) in [5.41, 5.74) is 4.33. The van der Waals surface area contributed by atoms with Crippen LogP contribution in [0.3, 0.4) is 0 Å². The minimum atomic E-state index is -0.705. The van der Waals surface area contributed by atoms with E-state index in [4.69, 9.17) is 4.98 Å². The van der Waals surface area contributed by atoms with Crippen LogP contribution in [-0.2, 0) is 0 Å². The van der Waals surface area contributed by atoms with Crippen molar-refractivity contribution in [2.45, 2.75) is 38.9 Å². The Morgan fingerprint density at radius 1 is 0.882 bits per heavy atom. The molecule has 0 bridgehead atoms. The number of rotatable bonds is 5. The molecule has 3 aromatic heterocycles. The maximum Gasteiger partial charge on any atom is 0.172 e. The highest BCUT2D eigenvalue weighted by atomic mass is 35.5.